The van der Waals surface area contributed by atoms with Crippen LogP contribution < -0.4 is 0 Å². The van der Waals surface area contributed by atoms with Crippen LogP contribution in [0.4, 0.5) is 0 Å². The molecule has 0 aliphatic carbocycles. The molecule has 2 atom stereocenters. The lowest BCUT2D eigenvalue weighted by molar-refractivity contribution is -0.155. The van der Waals surface area contributed by atoms with Crippen molar-refractivity contribution in [2.24, 2.45) is 5.92 Å². The first-order valence-electron chi connectivity index (χ1n) is 9.07. The predicted octanol–water partition coefficient (Wildman–Crippen LogP) is 3.34. The van der Waals surface area contributed by atoms with E-state index in [0.29, 0.717) is 6.42 Å². The molecule has 0 spiro atoms. The highest BCUT2D eigenvalue weighted by Gasteiger charge is 2.35. The molecule has 0 heterocycles. The van der Waals surface area contributed by atoms with Crippen LogP contribution in [0.15, 0.2) is 34.3 Å². The van der Waals surface area contributed by atoms with E-state index in [2.05, 4.69) is 15.9 Å². The SMILES string of the molecule is CCC(C)C(C(=O)OC)N(C/C(=C\c1ccc(Br)cc1)C(=O)OC)C(=O)CC#N. The topological polar surface area (TPSA) is 96.7 Å². The number of halogens is 1. The average molecular weight is 465 g/mol. The lowest BCUT2D eigenvalue weighted by atomic mass is 9.96. The van der Waals surface area contributed by atoms with E-state index in [-0.39, 0.29) is 18.0 Å². The molecule has 156 valence electrons. The van der Waals surface area contributed by atoms with Gasteiger partial charge in [0.25, 0.3) is 0 Å². The second-order valence-electron chi connectivity index (χ2n) is 6.42. The molecule has 8 heteroatoms. The predicted molar refractivity (Wildman–Crippen MR) is 111 cm³/mol. The number of esters is 2. The van der Waals surface area contributed by atoms with Gasteiger partial charge >= 0.3 is 11.9 Å². The zero-order chi connectivity index (χ0) is 22.0. The molecule has 0 saturated heterocycles. The second kappa shape index (κ2) is 12.0. The van der Waals surface area contributed by atoms with Crippen LogP contribution in [0.25, 0.3) is 6.08 Å². The molecular formula is C21H25BrN2O5. The highest BCUT2D eigenvalue weighted by atomic mass is 79.9. The first-order valence-corrected chi connectivity index (χ1v) is 9.86. The minimum Gasteiger partial charge on any atom is -0.467 e. The Kier molecular flexibility index (Phi) is 10.1. The minimum atomic E-state index is -0.927. The molecule has 2 unspecified atom stereocenters. The molecule has 29 heavy (non-hydrogen) atoms. The minimum absolute atomic E-state index is 0.179. The monoisotopic (exact) mass is 464 g/mol. The molecule has 0 radical (unpaired) electrons. The van der Waals surface area contributed by atoms with Crippen LogP contribution in [0.3, 0.4) is 0 Å². The van der Waals surface area contributed by atoms with E-state index >= 15 is 0 Å². The normalized spacial score (nSPS) is 13.0. The number of hydrogen-bond donors (Lipinski definition) is 0. The summed E-state index contributed by atoms with van der Waals surface area (Å²) in [6.45, 7) is 3.50. The number of amides is 1. The Balaban J connectivity index is 3.42. The number of benzene rings is 1. The Hall–Kier alpha value is -2.66. The van der Waals surface area contributed by atoms with E-state index in [1.54, 1.807) is 24.3 Å². The van der Waals surface area contributed by atoms with Gasteiger partial charge in [-0.1, -0.05) is 48.3 Å². The van der Waals surface area contributed by atoms with Crippen molar-refractivity contribution in [3.05, 3.63) is 39.9 Å². The van der Waals surface area contributed by atoms with E-state index in [9.17, 15) is 14.4 Å². The van der Waals surface area contributed by atoms with Gasteiger partial charge in [0.2, 0.25) is 5.91 Å². The summed E-state index contributed by atoms with van der Waals surface area (Å²) in [5.41, 5.74) is 0.901. The number of methoxy groups -OCH3 is 2. The van der Waals surface area contributed by atoms with Crippen molar-refractivity contribution < 1.29 is 23.9 Å². The van der Waals surface area contributed by atoms with Crippen molar-refractivity contribution in [3.8, 4) is 6.07 Å². The maximum Gasteiger partial charge on any atom is 0.335 e. The molecule has 1 amide bonds. The van der Waals surface area contributed by atoms with Crippen molar-refractivity contribution in [1.29, 1.82) is 5.26 Å². The molecule has 7 nitrogen and oxygen atoms in total. The van der Waals surface area contributed by atoms with Crippen LogP contribution in [0.5, 0.6) is 0 Å². The summed E-state index contributed by atoms with van der Waals surface area (Å²) < 4.78 is 10.6. The molecule has 0 aliphatic heterocycles. The van der Waals surface area contributed by atoms with Gasteiger partial charge in [-0.15, -0.1) is 0 Å². The zero-order valence-electron chi connectivity index (χ0n) is 17.0. The third kappa shape index (κ3) is 7.02. The summed E-state index contributed by atoms with van der Waals surface area (Å²) in [5, 5.41) is 8.99. The standard InChI is InChI=1S/C21H25BrN2O5/c1-5-14(2)19(21(27)29-4)24(18(25)10-11-23)13-16(20(26)28-3)12-15-6-8-17(22)9-7-15/h6-9,12,14,19H,5,10,13H2,1-4H3/b16-12+. The fraction of sp³-hybridized carbons (Fsp3) is 0.429. The molecule has 0 fully saturated rings. The fourth-order valence-corrected chi connectivity index (χ4v) is 3.03. The summed E-state index contributed by atoms with van der Waals surface area (Å²) in [5.74, 6) is -2.03. The van der Waals surface area contributed by atoms with Crippen LogP contribution in [0, 0.1) is 17.2 Å². The van der Waals surface area contributed by atoms with Crippen LogP contribution in [-0.4, -0.2) is 49.6 Å². The third-order valence-corrected chi connectivity index (χ3v) is 5.04. The smallest absolute Gasteiger partial charge is 0.335 e. The third-order valence-electron chi connectivity index (χ3n) is 4.51. The zero-order valence-corrected chi connectivity index (χ0v) is 18.6. The van der Waals surface area contributed by atoms with Gasteiger partial charge < -0.3 is 14.4 Å². The van der Waals surface area contributed by atoms with Crippen LogP contribution in [0.2, 0.25) is 0 Å². The van der Waals surface area contributed by atoms with Crippen molar-refractivity contribution in [3.63, 3.8) is 0 Å². The largest absolute Gasteiger partial charge is 0.467 e. The number of rotatable bonds is 9. The molecule has 1 rings (SSSR count). The lowest BCUT2D eigenvalue weighted by Crippen LogP contribution is -2.50. The van der Waals surface area contributed by atoms with E-state index in [4.69, 9.17) is 14.7 Å². The number of nitrogens with zero attached hydrogens (tertiary/aromatic N) is 2. The van der Waals surface area contributed by atoms with E-state index in [1.165, 1.54) is 19.1 Å². The van der Waals surface area contributed by atoms with Crippen molar-refractivity contribution in [1.82, 2.24) is 4.90 Å². The van der Waals surface area contributed by atoms with Crippen molar-refractivity contribution in [2.75, 3.05) is 20.8 Å². The van der Waals surface area contributed by atoms with E-state index < -0.39 is 30.3 Å². The first-order chi connectivity index (χ1) is 13.8. The number of nitriles is 1. The van der Waals surface area contributed by atoms with Gasteiger partial charge in [0.15, 0.2) is 0 Å². The Morgan fingerprint density at radius 1 is 1.21 bits per heavy atom. The Morgan fingerprint density at radius 3 is 2.31 bits per heavy atom. The molecular weight excluding hydrogens is 440 g/mol. The summed E-state index contributed by atoms with van der Waals surface area (Å²) in [6.07, 6.45) is 1.77. The van der Waals surface area contributed by atoms with Gasteiger partial charge in [0.05, 0.1) is 32.4 Å². The number of carbonyl (C=O) groups excluding carboxylic acids is 3. The Labute approximate surface area is 179 Å². The van der Waals surface area contributed by atoms with Gasteiger partial charge in [-0.3, -0.25) is 4.79 Å². The summed E-state index contributed by atoms with van der Waals surface area (Å²) in [6, 6.07) is 8.09. The molecule has 0 saturated carbocycles. The fourth-order valence-electron chi connectivity index (χ4n) is 2.77. The summed E-state index contributed by atoms with van der Waals surface area (Å²) >= 11 is 3.35. The maximum atomic E-state index is 12.7. The number of hydrogen-bond acceptors (Lipinski definition) is 6. The number of ether oxygens (including phenoxy) is 2. The van der Waals surface area contributed by atoms with Gasteiger partial charge in [-0.25, -0.2) is 9.59 Å². The van der Waals surface area contributed by atoms with Crippen LogP contribution >= 0.6 is 15.9 Å². The van der Waals surface area contributed by atoms with Crippen molar-refractivity contribution in [2.45, 2.75) is 32.7 Å². The highest BCUT2D eigenvalue weighted by Crippen LogP contribution is 2.21. The Morgan fingerprint density at radius 2 is 1.83 bits per heavy atom. The molecule has 1 aromatic carbocycles. The molecule has 0 N–H and O–H groups in total. The van der Waals surface area contributed by atoms with Crippen molar-refractivity contribution >= 4 is 39.9 Å². The van der Waals surface area contributed by atoms with Crippen LogP contribution in [0.1, 0.15) is 32.3 Å². The quantitative estimate of drug-likeness (QED) is 0.410. The molecule has 0 bridgehead atoms. The maximum absolute atomic E-state index is 12.7. The Bertz CT molecular complexity index is 798. The van der Waals surface area contributed by atoms with Gasteiger partial charge in [0.1, 0.15) is 12.5 Å². The van der Waals surface area contributed by atoms with E-state index in [1.807, 2.05) is 26.0 Å². The molecule has 0 aromatic heterocycles. The van der Waals surface area contributed by atoms with Crippen LogP contribution in [-0.2, 0) is 23.9 Å². The summed E-state index contributed by atoms with van der Waals surface area (Å²) in [4.78, 5) is 38.7. The van der Waals surface area contributed by atoms with Gasteiger partial charge in [-0.2, -0.15) is 5.26 Å². The average Bonchev–Trinajstić information content (AvgIpc) is 2.72. The molecule has 0 aliphatic rings. The van der Waals surface area contributed by atoms with Gasteiger partial charge in [0, 0.05) is 4.47 Å². The summed E-state index contributed by atoms with van der Waals surface area (Å²) in [7, 11) is 2.48. The van der Waals surface area contributed by atoms with Gasteiger partial charge in [-0.05, 0) is 29.7 Å². The highest BCUT2D eigenvalue weighted by molar-refractivity contribution is 9.10. The first kappa shape index (κ1) is 24.4. The van der Waals surface area contributed by atoms with E-state index in [0.717, 1.165) is 10.0 Å². The lowest BCUT2D eigenvalue weighted by Gasteiger charge is -2.33. The molecule has 1 aromatic rings. The second-order valence-corrected chi connectivity index (χ2v) is 7.34. The number of carbonyl (C=O) groups is 3.